The molecule has 1 aliphatic rings. The molecular formula is C21H20N2O3. The molecule has 5 heteroatoms. The lowest BCUT2D eigenvalue weighted by atomic mass is 10.1. The van der Waals surface area contributed by atoms with Crippen LogP contribution in [0.3, 0.4) is 0 Å². The molecule has 5 nitrogen and oxygen atoms in total. The molecule has 1 N–H and O–H groups in total. The Kier molecular flexibility index (Phi) is 4.44. The van der Waals surface area contributed by atoms with Crippen LogP contribution >= 0.6 is 0 Å². The number of aromatic nitrogens is 1. The number of ether oxygens (including phenoxy) is 1. The quantitative estimate of drug-likeness (QED) is 0.730. The summed E-state index contributed by atoms with van der Waals surface area (Å²) in [6.45, 7) is 2.61. The Bertz CT molecular complexity index is 904. The zero-order valence-electron chi connectivity index (χ0n) is 14.5. The second-order valence-electron chi connectivity index (χ2n) is 6.37. The van der Waals surface area contributed by atoms with Crippen LogP contribution in [0.4, 0.5) is 0 Å². The van der Waals surface area contributed by atoms with Crippen molar-refractivity contribution >= 4 is 5.91 Å². The van der Waals surface area contributed by atoms with E-state index in [1.165, 1.54) is 5.56 Å². The minimum atomic E-state index is -0.204. The van der Waals surface area contributed by atoms with Crippen LogP contribution in [-0.2, 0) is 0 Å². The lowest BCUT2D eigenvalue weighted by Gasteiger charge is -2.06. The lowest BCUT2D eigenvalue weighted by Crippen LogP contribution is -2.26. The highest BCUT2D eigenvalue weighted by molar-refractivity contribution is 5.93. The number of amides is 1. The summed E-state index contributed by atoms with van der Waals surface area (Å²) < 4.78 is 10.8. The van der Waals surface area contributed by atoms with Gasteiger partial charge in [-0.3, -0.25) is 4.79 Å². The molecule has 1 aliphatic carbocycles. The predicted octanol–water partition coefficient (Wildman–Crippen LogP) is 4.03. The number of hydrogen-bond donors (Lipinski definition) is 1. The first-order chi connectivity index (χ1) is 12.7. The third-order valence-electron chi connectivity index (χ3n) is 4.51. The molecule has 0 spiro atoms. The summed E-state index contributed by atoms with van der Waals surface area (Å²) in [7, 11) is 0. The van der Waals surface area contributed by atoms with Crippen molar-refractivity contribution in [3.8, 4) is 17.1 Å². The number of benzene rings is 2. The fourth-order valence-electron chi connectivity index (χ4n) is 3.09. The van der Waals surface area contributed by atoms with Crippen LogP contribution in [0, 0.1) is 0 Å². The van der Waals surface area contributed by atoms with E-state index in [-0.39, 0.29) is 11.9 Å². The van der Waals surface area contributed by atoms with E-state index in [9.17, 15) is 4.79 Å². The summed E-state index contributed by atoms with van der Waals surface area (Å²) in [5, 5.41) is 6.94. The van der Waals surface area contributed by atoms with Crippen molar-refractivity contribution in [1.82, 2.24) is 10.5 Å². The van der Waals surface area contributed by atoms with Crippen LogP contribution in [0.1, 0.15) is 35.3 Å². The van der Waals surface area contributed by atoms with Gasteiger partial charge in [0.15, 0.2) is 11.5 Å². The Morgan fingerprint density at radius 1 is 1.19 bits per heavy atom. The van der Waals surface area contributed by atoms with Gasteiger partial charge >= 0.3 is 0 Å². The molecular weight excluding hydrogens is 328 g/mol. The Balaban J connectivity index is 1.39. The van der Waals surface area contributed by atoms with E-state index in [4.69, 9.17) is 9.26 Å². The van der Waals surface area contributed by atoms with Crippen LogP contribution < -0.4 is 10.1 Å². The SMILES string of the molecule is CCOc1cccc([C@H]2C[C@H]2NC(=O)c2cc(-c3ccccc3)on2)c1. The standard InChI is InChI=1S/C21H20N2O3/c1-2-25-16-10-6-9-15(11-16)17-12-18(17)22-21(24)19-13-20(26-23-19)14-7-4-3-5-8-14/h3-11,13,17-18H,2,12H2,1H3,(H,22,24)/t17-,18-/m1/s1. The van der Waals surface area contributed by atoms with E-state index < -0.39 is 0 Å². The van der Waals surface area contributed by atoms with E-state index in [1.807, 2.05) is 55.5 Å². The summed E-state index contributed by atoms with van der Waals surface area (Å²) in [5.41, 5.74) is 2.39. The third-order valence-corrected chi connectivity index (χ3v) is 4.51. The van der Waals surface area contributed by atoms with E-state index in [2.05, 4.69) is 16.5 Å². The summed E-state index contributed by atoms with van der Waals surface area (Å²) >= 11 is 0. The van der Waals surface area contributed by atoms with Crippen molar-refractivity contribution in [3.05, 3.63) is 71.9 Å². The molecule has 132 valence electrons. The molecule has 2 aromatic carbocycles. The second-order valence-corrected chi connectivity index (χ2v) is 6.37. The Morgan fingerprint density at radius 2 is 2.04 bits per heavy atom. The summed E-state index contributed by atoms with van der Waals surface area (Å²) in [6, 6.07) is 19.5. The lowest BCUT2D eigenvalue weighted by molar-refractivity contribution is 0.0941. The smallest absolute Gasteiger partial charge is 0.273 e. The average molecular weight is 348 g/mol. The molecule has 1 fully saturated rings. The number of nitrogens with zero attached hydrogens (tertiary/aromatic N) is 1. The second kappa shape index (κ2) is 7.04. The summed E-state index contributed by atoms with van der Waals surface area (Å²) in [6.07, 6.45) is 0.921. The number of hydrogen-bond acceptors (Lipinski definition) is 4. The molecule has 0 saturated heterocycles. The van der Waals surface area contributed by atoms with Crippen LogP contribution in [0.15, 0.2) is 65.2 Å². The third kappa shape index (κ3) is 3.47. The van der Waals surface area contributed by atoms with Gasteiger partial charge in [0.2, 0.25) is 0 Å². The first kappa shape index (κ1) is 16.4. The largest absolute Gasteiger partial charge is 0.494 e. The highest BCUT2D eigenvalue weighted by Crippen LogP contribution is 2.41. The molecule has 0 radical (unpaired) electrons. The summed E-state index contributed by atoms with van der Waals surface area (Å²) in [4.78, 5) is 12.4. The van der Waals surface area contributed by atoms with E-state index in [1.54, 1.807) is 6.07 Å². The van der Waals surface area contributed by atoms with Crippen LogP contribution in [0.5, 0.6) is 5.75 Å². The van der Waals surface area contributed by atoms with Gasteiger partial charge in [-0.2, -0.15) is 0 Å². The van der Waals surface area contributed by atoms with Gasteiger partial charge in [-0.15, -0.1) is 0 Å². The Hall–Kier alpha value is -3.08. The molecule has 0 unspecified atom stereocenters. The Labute approximate surface area is 152 Å². The minimum Gasteiger partial charge on any atom is -0.494 e. The molecule has 3 aromatic rings. The normalized spacial score (nSPS) is 18.3. The fraction of sp³-hybridized carbons (Fsp3) is 0.238. The molecule has 2 atom stereocenters. The maximum absolute atomic E-state index is 12.4. The monoisotopic (exact) mass is 348 g/mol. The maximum Gasteiger partial charge on any atom is 0.273 e. The number of nitrogens with one attached hydrogen (secondary N) is 1. The van der Waals surface area contributed by atoms with Crippen molar-refractivity contribution in [2.45, 2.75) is 25.3 Å². The van der Waals surface area contributed by atoms with Crippen LogP contribution in [0.25, 0.3) is 11.3 Å². The van der Waals surface area contributed by atoms with Crippen molar-refractivity contribution in [2.75, 3.05) is 6.61 Å². The predicted molar refractivity (Wildman–Crippen MR) is 98.2 cm³/mol. The first-order valence-electron chi connectivity index (χ1n) is 8.80. The number of carbonyl (C=O) groups is 1. The molecule has 1 aromatic heterocycles. The number of carbonyl (C=O) groups excluding carboxylic acids is 1. The van der Waals surface area contributed by atoms with Crippen molar-refractivity contribution in [2.24, 2.45) is 0 Å². The highest BCUT2D eigenvalue weighted by Gasteiger charge is 2.40. The van der Waals surface area contributed by atoms with Gasteiger partial charge in [-0.1, -0.05) is 47.6 Å². The van der Waals surface area contributed by atoms with Gasteiger partial charge in [0.05, 0.1) is 6.61 Å². The average Bonchev–Trinajstić information content (AvgIpc) is 3.25. The maximum atomic E-state index is 12.4. The van der Waals surface area contributed by atoms with Crippen molar-refractivity contribution < 1.29 is 14.1 Å². The zero-order chi connectivity index (χ0) is 17.9. The molecule has 26 heavy (non-hydrogen) atoms. The first-order valence-corrected chi connectivity index (χ1v) is 8.80. The molecule has 0 bridgehead atoms. The topological polar surface area (TPSA) is 64.4 Å². The molecule has 1 saturated carbocycles. The van der Waals surface area contributed by atoms with Gasteiger partial charge in [-0.25, -0.2) is 0 Å². The van der Waals surface area contributed by atoms with Crippen LogP contribution in [-0.4, -0.2) is 23.7 Å². The molecule has 0 aliphatic heterocycles. The van der Waals surface area contributed by atoms with Gasteiger partial charge in [0.1, 0.15) is 5.75 Å². The Morgan fingerprint density at radius 3 is 2.85 bits per heavy atom. The van der Waals surface area contributed by atoms with Gasteiger partial charge < -0.3 is 14.6 Å². The van der Waals surface area contributed by atoms with Gasteiger partial charge in [0.25, 0.3) is 5.91 Å². The van der Waals surface area contributed by atoms with Crippen molar-refractivity contribution in [3.63, 3.8) is 0 Å². The van der Waals surface area contributed by atoms with Crippen LogP contribution in [0.2, 0.25) is 0 Å². The molecule has 1 heterocycles. The molecule has 1 amide bonds. The highest BCUT2D eigenvalue weighted by atomic mass is 16.5. The van der Waals surface area contributed by atoms with E-state index in [0.29, 0.717) is 24.0 Å². The molecule has 4 rings (SSSR count). The van der Waals surface area contributed by atoms with E-state index >= 15 is 0 Å². The number of rotatable bonds is 6. The zero-order valence-corrected chi connectivity index (χ0v) is 14.5. The van der Waals surface area contributed by atoms with Gasteiger partial charge in [-0.05, 0) is 31.0 Å². The summed E-state index contributed by atoms with van der Waals surface area (Å²) in [5.74, 6) is 1.57. The van der Waals surface area contributed by atoms with Gasteiger partial charge in [0, 0.05) is 23.6 Å². The van der Waals surface area contributed by atoms with E-state index in [0.717, 1.165) is 17.7 Å². The minimum absolute atomic E-state index is 0.122. The fourth-order valence-corrected chi connectivity index (χ4v) is 3.09. The van der Waals surface area contributed by atoms with Crippen molar-refractivity contribution in [1.29, 1.82) is 0 Å².